The zero-order valence-corrected chi connectivity index (χ0v) is 10.4. The summed E-state index contributed by atoms with van der Waals surface area (Å²) < 4.78 is 5.45. The number of carbonyl (C=O) groups excluding carboxylic acids is 1. The van der Waals surface area contributed by atoms with Crippen LogP contribution in [0.4, 0.5) is 5.69 Å². The molecule has 1 aliphatic rings. The molecule has 0 spiro atoms. The maximum atomic E-state index is 11.8. The van der Waals surface area contributed by atoms with Crippen molar-refractivity contribution in [1.29, 1.82) is 0 Å². The number of nitrogens with two attached hydrogens (primary N) is 1. The van der Waals surface area contributed by atoms with Gasteiger partial charge in [-0.25, -0.2) is 0 Å². The molecule has 1 heterocycles. The number of hydrogen-bond acceptors (Lipinski definition) is 4. The van der Waals surface area contributed by atoms with E-state index in [1.54, 1.807) is 0 Å². The Morgan fingerprint density at radius 1 is 1.47 bits per heavy atom. The van der Waals surface area contributed by atoms with Gasteiger partial charge in [0.1, 0.15) is 0 Å². The lowest BCUT2D eigenvalue weighted by molar-refractivity contribution is -0.160. The summed E-state index contributed by atoms with van der Waals surface area (Å²) in [5.74, 6) is -0.209. The zero-order valence-electron chi connectivity index (χ0n) is 10.4. The number of fused-ring (bicyclic) bond motifs is 1. The number of nitrogen functional groups attached to an aromatic ring is 1. The van der Waals surface area contributed by atoms with Crippen molar-refractivity contribution in [3.05, 3.63) is 29.3 Å². The molecule has 0 radical (unpaired) electrons. The van der Waals surface area contributed by atoms with Gasteiger partial charge in [-0.15, -0.1) is 0 Å². The first-order valence-electron chi connectivity index (χ1n) is 5.71. The molecule has 0 fully saturated rings. The van der Waals surface area contributed by atoms with Gasteiger partial charge >= 0.3 is 5.97 Å². The Morgan fingerprint density at radius 3 is 2.82 bits per heavy atom. The molecule has 0 saturated heterocycles. The van der Waals surface area contributed by atoms with Crippen LogP contribution in [0.3, 0.4) is 0 Å². The summed E-state index contributed by atoms with van der Waals surface area (Å²) in [5, 5.41) is 3.15. The maximum absolute atomic E-state index is 11.8. The molecule has 1 aromatic carbocycles. The molecule has 0 amide bonds. The van der Waals surface area contributed by atoms with E-state index in [-0.39, 0.29) is 12.2 Å². The third-order valence-corrected chi connectivity index (χ3v) is 2.76. The van der Waals surface area contributed by atoms with Gasteiger partial charge in [0.05, 0.1) is 5.41 Å². The van der Waals surface area contributed by atoms with Crippen LogP contribution in [-0.4, -0.2) is 5.97 Å². The third-order valence-electron chi connectivity index (χ3n) is 2.76. The summed E-state index contributed by atoms with van der Waals surface area (Å²) in [7, 11) is 0. The molecule has 17 heavy (non-hydrogen) atoms. The fraction of sp³-hybridized carbons (Fsp3) is 0.462. The van der Waals surface area contributed by atoms with Crippen molar-refractivity contribution in [2.24, 2.45) is 5.41 Å². The predicted octanol–water partition coefficient (Wildman–Crippen LogP) is 1.96. The molecule has 0 aliphatic carbocycles. The Balaban J connectivity index is 2.15. The van der Waals surface area contributed by atoms with Gasteiger partial charge in [-0.1, -0.05) is 6.07 Å². The molecule has 1 aromatic rings. The van der Waals surface area contributed by atoms with Gasteiger partial charge < -0.3 is 10.5 Å². The van der Waals surface area contributed by atoms with Crippen LogP contribution in [0, 0.1) is 5.41 Å². The van der Waals surface area contributed by atoms with Crippen LogP contribution >= 0.6 is 0 Å². The number of carbonyl (C=O) groups is 1. The van der Waals surface area contributed by atoms with E-state index in [1.165, 1.54) is 0 Å². The number of rotatable bonds is 1. The molecule has 0 bridgehead atoms. The summed E-state index contributed by atoms with van der Waals surface area (Å²) in [6.45, 7) is 6.21. The summed E-state index contributed by atoms with van der Waals surface area (Å²) in [6.07, 6.45) is -0.350. The Labute approximate surface area is 101 Å². The number of nitrogens with one attached hydrogen (secondary N) is 1. The highest BCUT2D eigenvalue weighted by atomic mass is 16.6. The molecular formula is C13H18N2O2. The molecule has 1 unspecified atom stereocenters. The molecule has 3 N–H and O–H groups in total. The lowest BCUT2D eigenvalue weighted by Gasteiger charge is -2.21. The van der Waals surface area contributed by atoms with Crippen molar-refractivity contribution >= 4 is 11.7 Å². The van der Waals surface area contributed by atoms with Crippen molar-refractivity contribution in [1.82, 2.24) is 5.32 Å². The van der Waals surface area contributed by atoms with Crippen molar-refractivity contribution in [2.75, 3.05) is 5.73 Å². The average molecular weight is 234 g/mol. The van der Waals surface area contributed by atoms with E-state index in [0.717, 1.165) is 16.8 Å². The summed E-state index contributed by atoms with van der Waals surface area (Å²) in [4.78, 5) is 11.8. The van der Waals surface area contributed by atoms with E-state index in [1.807, 2.05) is 39.0 Å². The lowest BCUT2D eigenvalue weighted by atomic mass is 9.97. The SMILES string of the molecule is CC(C)(C)C(=O)OC1NCc2cc(N)ccc21. The minimum atomic E-state index is -0.488. The lowest BCUT2D eigenvalue weighted by Crippen LogP contribution is -2.28. The van der Waals surface area contributed by atoms with Crippen molar-refractivity contribution in [3.8, 4) is 0 Å². The molecule has 4 nitrogen and oxygen atoms in total. The normalized spacial score (nSPS) is 18.9. The molecule has 4 heteroatoms. The molecule has 1 atom stereocenters. The van der Waals surface area contributed by atoms with E-state index in [0.29, 0.717) is 6.54 Å². The van der Waals surface area contributed by atoms with Crippen LogP contribution in [0.2, 0.25) is 0 Å². The number of hydrogen-bond donors (Lipinski definition) is 2. The molecular weight excluding hydrogens is 216 g/mol. The molecule has 2 rings (SSSR count). The van der Waals surface area contributed by atoms with Gasteiger partial charge in [0.25, 0.3) is 0 Å². The van der Waals surface area contributed by atoms with Gasteiger partial charge in [0.2, 0.25) is 0 Å². The van der Waals surface area contributed by atoms with E-state index in [4.69, 9.17) is 10.5 Å². The standard InChI is InChI=1S/C13H18N2O2/c1-13(2,3)12(16)17-11-10-5-4-9(14)6-8(10)7-15-11/h4-6,11,15H,7,14H2,1-3H3. The summed E-state index contributed by atoms with van der Waals surface area (Å²) in [6, 6.07) is 5.64. The molecule has 0 saturated carbocycles. The zero-order chi connectivity index (χ0) is 12.6. The van der Waals surface area contributed by atoms with Gasteiger partial charge in [-0.05, 0) is 38.5 Å². The van der Waals surface area contributed by atoms with Crippen LogP contribution in [-0.2, 0) is 16.1 Å². The van der Waals surface area contributed by atoms with Crippen molar-refractivity contribution in [3.63, 3.8) is 0 Å². The predicted molar refractivity (Wildman–Crippen MR) is 66.0 cm³/mol. The van der Waals surface area contributed by atoms with Gasteiger partial charge in [-0.2, -0.15) is 0 Å². The second kappa shape index (κ2) is 4.04. The Hall–Kier alpha value is -1.55. The highest BCUT2D eigenvalue weighted by Crippen LogP contribution is 2.29. The van der Waals surface area contributed by atoms with E-state index in [9.17, 15) is 4.79 Å². The molecule has 92 valence electrons. The average Bonchev–Trinajstić information content (AvgIpc) is 2.59. The first-order chi connectivity index (χ1) is 7.88. The highest BCUT2D eigenvalue weighted by molar-refractivity contribution is 5.75. The Morgan fingerprint density at radius 2 is 2.18 bits per heavy atom. The largest absolute Gasteiger partial charge is 0.442 e. The molecule has 1 aliphatic heterocycles. The number of anilines is 1. The Bertz CT molecular complexity index is 449. The van der Waals surface area contributed by atoms with Crippen molar-refractivity contribution in [2.45, 2.75) is 33.5 Å². The van der Waals surface area contributed by atoms with Crippen LogP contribution in [0.15, 0.2) is 18.2 Å². The first kappa shape index (κ1) is 11.9. The van der Waals surface area contributed by atoms with Crippen LogP contribution in [0.5, 0.6) is 0 Å². The Kier molecular flexibility index (Phi) is 2.83. The first-order valence-corrected chi connectivity index (χ1v) is 5.71. The monoisotopic (exact) mass is 234 g/mol. The maximum Gasteiger partial charge on any atom is 0.313 e. The van der Waals surface area contributed by atoms with E-state index < -0.39 is 5.41 Å². The minimum Gasteiger partial charge on any atom is -0.442 e. The van der Waals surface area contributed by atoms with E-state index in [2.05, 4.69) is 5.32 Å². The summed E-state index contributed by atoms with van der Waals surface area (Å²) in [5.41, 5.74) is 8.04. The smallest absolute Gasteiger partial charge is 0.313 e. The second-order valence-electron chi connectivity index (χ2n) is 5.37. The number of ether oxygens (including phenoxy) is 1. The molecule has 0 aromatic heterocycles. The van der Waals surface area contributed by atoms with Crippen LogP contribution in [0.25, 0.3) is 0 Å². The topological polar surface area (TPSA) is 64.3 Å². The third kappa shape index (κ3) is 2.42. The van der Waals surface area contributed by atoms with E-state index >= 15 is 0 Å². The number of benzene rings is 1. The highest BCUT2D eigenvalue weighted by Gasteiger charge is 2.30. The quantitative estimate of drug-likeness (QED) is 0.576. The van der Waals surface area contributed by atoms with Crippen molar-refractivity contribution < 1.29 is 9.53 Å². The van der Waals surface area contributed by atoms with Gasteiger partial charge in [0, 0.05) is 17.8 Å². The summed E-state index contributed by atoms with van der Waals surface area (Å²) >= 11 is 0. The van der Waals surface area contributed by atoms with Gasteiger partial charge in [0.15, 0.2) is 6.23 Å². The van der Waals surface area contributed by atoms with Crippen LogP contribution in [0.1, 0.15) is 38.1 Å². The van der Waals surface area contributed by atoms with Crippen LogP contribution < -0.4 is 11.1 Å². The second-order valence-corrected chi connectivity index (χ2v) is 5.37. The fourth-order valence-corrected chi connectivity index (χ4v) is 1.74. The number of esters is 1. The minimum absolute atomic E-state index is 0.209. The fourth-order valence-electron chi connectivity index (χ4n) is 1.74. The van der Waals surface area contributed by atoms with Gasteiger partial charge in [-0.3, -0.25) is 10.1 Å².